The number of phenolic OH excluding ortho intramolecular Hbond substituents is 1. The lowest BCUT2D eigenvalue weighted by molar-refractivity contribution is 0.482. The number of aromatic nitrogens is 2. The first-order valence-electron chi connectivity index (χ1n) is 18.0. The molecule has 1 N–H and O–H groups in total. The molecule has 0 bridgehead atoms. The van der Waals surface area contributed by atoms with E-state index in [1.807, 2.05) is 30.3 Å². The van der Waals surface area contributed by atoms with Gasteiger partial charge in [-0.1, -0.05) is 133 Å². The quantitative estimate of drug-likeness (QED) is 0.146. The van der Waals surface area contributed by atoms with Crippen molar-refractivity contribution in [2.24, 2.45) is 0 Å². The van der Waals surface area contributed by atoms with E-state index >= 15 is 0 Å². The Morgan fingerprint density at radius 1 is 0.481 bits per heavy atom. The Balaban J connectivity index is 1.20. The van der Waals surface area contributed by atoms with Crippen molar-refractivity contribution in [3.63, 3.8) is 0 Å². The van der Waals surface area contributed by atoms with Crippen LogP contribution in [0.25, 0.3) is 82.8 Å². The van der Waals surface area contributed by atoms with E-state index in [1.165, 1.54) is 0 Å². The molecule has 1 aromatic heterocycles. The van der Waals surface area contributed by atoms with Gasteiger partial charge in [0.15, 0.2) is 0 Å². The number of aryl methyl sites for hydroxylation is 1. The van der Waals surface area contributed by atoms with Crippen LogP contribution in [0.5, 0.6) is 5.75 Å². The van der Waals surface area contributed by atoms with E-state index in [2.05, 4.69) is 127 Å². The van der Waals surface area contributed by atoms with Crippen molar-refractivity contribution in [2.75, 3.05) is 0 Å². The first kappa shape index (κ1) is 33.6. The summed E-state index contributed by atoms with van der Waals surface area (Å²) in [4.78, 5) is 4.86. The van der Waals surface area contributed by atoms with Gasteiger partial charge in [0, 0.05) is 17.7 Å². The Morgan fingerprint density at radius 3 is 1.69 bits per heavy atom. The van der Waals surface area contributed by atoms with Crippen LogP contribution in [-0.4, -0.2) is 46.0 Å². The van der Waals surface area contributed by atoms with Gasteiger partial charge in [0.1, 0.15) is 43.0 Å². The number of para-hydroxylation sites is 2. The van der Waals surface area contributed by atoms with Crippen molar-refractivity contribution >= 4 is 85.8 Å². The fourth-order valence-corrected chi connectivity index (χ4v) is 7.90. The number of nitrogens with zero attached hydrogens (tertiary/aromatic N) is 2. The SMILES string of the molecule is [B]c1c([B])c([B])c(-c2ccc3c(-c4ccc(-c5ccc(-n6c(CC)nc7ccccc76)cc5)cc4)c4ccccc4c(-c4ccccc4)c3c2)c(O)c1[B]. The fraction of sp³-hybridized carbons (Fsp3) is 0.0426. The highest BCUT2D eigenvalue weighted by molar-refractivity contribution is 6.64. The van der Waals surface area contributed by atoms with Gasteiger partial charge in [-0.3, -0.25) is 4.57 Å². The maximum Gasteiger partial charge on any atom is 0.118 e. The van der Waals surface area contributed by atoms with E-state index in [0.717, 1.165) is 83.9 Å². The second-order valence-corrected chi connectivity index (χ2v) is 13.6. The second kappa shape index (κ2) is 13.3. The standard InChI is InChI=1S/C47H30B4N2O/c1-2-39-52-37-14-8-9-15-38(37)53(39)32-23-20-28(21-24-32)27-16-18-30(19-17-27)40-33-12-6-7-13-34(33)41(29-10-4-3-5-11-29)36-26-31(22-25-35(36)40)42-43(48)44(49)45(50)46(51)47(42)54/h3-26,54H,2H2,1H3. The summed E-state index contributed by atoms with van der Waals surface area (Å²) in [6.45, 7) is 2.14. The van der Waals surface area contributed by atoms with Crippen LogP contribution in [0.2, 0.25) is 0 Å². The van der Waals surface area contributed by atoms with Crippen molar-refractivity contribution in [2.45, 2.75) is 13.3 Å². The monoisotopic (exact) mass is 682 g/mol. The Bertz CT molecular complexity index is 2870. The van der Waals surface area contributed by atoms with E-state index in [4.69, 9.17) is 36.4 Å². The lowest BCUT2D eigenvalue weighted by Crippen LogP contribution is -2.48. The highest BCUT2D eigenvalue weighted by Crippen LogP contribution is 2.45. The summed E-state index contributed by atoms with van der Waals surface area (Å²) in [5.74, 6) is 0.855. The zero-order valence-corrected chi connectivity index (χ0v) is 29.7. The average molecular weight is 682 g/mol. The smallest absolute Gasteiger partial charge is 0.118 e. The third-order valence-corrected chi connectivity index (χ3v) is 10.6. The molecule has 246 valence electrons. The molecule has 9 aromatic rings. The Kier molecular flexibility index (Phi) is 8.31. The van der Waals surface area contributed by atoms with Crippen LogP contribution in [0, 0.1) is 0 Å². The molecule has 0 atom stereocenters. The first-order valence-corrected chi connectivity index (χ1v) is 18.0. The number of fused-ring (bicyclic) bond motifs is 3. The minimum Gasteiger partial charge on any atom is -0.508 e. The lowest BCUT2D eigenvalue weighted by atomic mass is 9.64. The molecule has 3 nitrogen and oxygen atoms in total. The molecule has 0 saturated heterocycles. The fourth-order valence-electron chi connectivity index (χ4n) is 7.90. The van der Waals surface area contributed by atoms with Gasteiger partial charge < -0.3 is 5.11 Å². The topological polar surface area (TPSA) is 38.0 Å². The number of benzene rings is 8. The summed E-state index contributed by atoms with van der Waals surface area (Å²) in [6.07, 6.45) is 0.843. The van der Waals surface area contributed by atoms with Crippen LogP contribution < -0.4 is 21.9 Å². The zero-order valence-electron chi connectivity index (χ0n) is 29.7. The van der Waals surface area contributed by atoms with E-state index in [9.17, 15) is 5.11 Å². The van der Waals surface area contributed by atoms with Crippen molar-refractivity contribution < 1.29 is 5.11 Å². The van der Waals surface area contributed by atoms with Crippen molar-refractivity contribution in [1.82, 2.24) is 9.55 Å². The molecule has 0 spiro atoms. The molecule has 9 rings (SSSR count). The number of phenols is 1. The first-order chi connectivity index (χ1) is 26.3. The van der Waals surface area contributed by atoms with Gasteiger partial charge in [0.25, 0.3) is 0 Å². The van der Waals surface area contributed by atoms with Crippen LogP contribution in [-0.2, 0) is 6.42 Å². The van der Waals surface area contributed by atoms with Crippen molar-refractivity contribution in [3.05, 3.63) is 151 Å². The summed E-state index contributed by atoms with van der Waals surface area (Å²) < 4.78 is 2.25. The molecule has 0 amide bonds. The van der Waals surface area contributed by atoms with E-state index in [0.29, 0.717) is 11.1 Å². The molecule has 0 fully saturated rings. The van der Waals surface area contributed by atoms with Crippen LogP contribution in [0.3, 0.4) is 0 Å². The van der Waals surface area contributed by atoms with Crippen LogP contribution >= 0.6 is 0 Å². The van der Waals surface area contributed by atoms with Crippen LogP contribution in [0.4, 0.5) is 0 Å². The maximum atomic E-state index is 11.2. The average Bonchev–Trinajstić information content (AvgIpc) is 3.61. The third kappa shape index (κ3) is 5.38. The van der Waals surface area contributed by atoms with Crippen molar-refractivity contribution in [3.8, 4) is 55.9 Å². The minimum atomic E-state index is -0.186. The molecule has 54 heavy (non-hydrogen) atoms. The molecular weight excluding hydrogens is 652 g/mol. The van der Waals surface area contributed by atoms with Gasteiger partial charge in [0.2, 0.25) is 0 Å². The number of aromatic hydroxyl groups is 1. The predicted molar refractivity (Wildman–Crippen MR) is 230 cm³/mol. The zero-order chi connectivity index (χ0) is 37.1. The summed E-state index contributed by atoms with van der Waals surface area (Å²) in [5.41, 5.74) is 11.3. The molecule has 8 radical (unpaired) electrons. The summed E-state index contributed by atoms with van der Waals surface area (Å²) >= 11 is 0. The molecule has 8 aromatic carbocycles. The van der Waals surface area contributed by atoms with Crippen molar-refractivity contribution in [1.29, 1.82) is 0 Å². The number of imidazole rings is 1. The number of hydrogen-bond acceptors (Lipinski definition) is 2. The van der Waals surface area contributed by atoms with Gasteiger partial charge in [-0.15, -0.1) is 10.9 Å². The Morgan fingerprint density at radius 2 is 1.00 bits per heavy atom. The molecule has 0 aliphatic carbocycles. The molecule has 7 heteroatoms. The third-order valence-electron chi connectivity index (χ3n) is 10.6. The van der Waals surface area contributed by atoms with E-state index in [-0.39, 0.29) is 27.6 Å². The molecular formula is C47H30B4N2O. The summed E-state index contributed by atoms with van der Waals surface area (Å²) in [7, 11) is 25.0. The minimum absolute atomic E-state index is 0.00921. The molecule has 0 saturated carbocycles. The normalized spacial score (nSPS) is 11.5. The van der Waals surface area contributed by atoms with Gasteiger partial charge in [-0.25, -0.2) is 4.98 Å². The Hall–Kier alpha value is -6.19. The number of rotatable bonds is 6. The summed E-state index contributed by atoms with van der Waals surface area (Å²) in [6, 6.07) is 50.7. The molecule has 0 unspecified atom stereocenters. The summed E-state index contributed by atoms with van der Waals surface area (Å²) in [5, 5.41) is 15.5. The van der Waals surface area contributed by atoms with E-state index in [1.54, 1.807) is 0 Å². The molecule has 1 heterocycles. The highest BCUT2D eigenvalue weighted by atomic mass is 16.3. The second-order valence-electron chi connectivity index (χ2n) is 13.6. The van der Waals surface area contributed by atoms with Crippen LogP contribution in [0.15, 0.2) is 146 Å². The maximum absolute atomic E-state index is 11.2. The van der Waals surface area contributed by atoms with Gasteiger partial charge >= 0.3 is 0 Å². The molecule has 0 aliphatic heterocycles. The van der Waals surface area contributed by atoms with Gasteiger partial charge in [0.05, 0.1) is 11.0 Å². The van der Waals surface area contributed by atoms with Gasteiger partial charge in [-0.05, 0) is 90.8 Å². The lowest BCUT2D eigenvalue weighted by Gasteiger charge is -2.21. The van der Waals surface area contributed by atoms with E-state index < -0.39 is 0 Å². The van der Waals surface area contributed by atoms with Crippen LogP contribution in [0.1, 0.15) is 12.7 Å². The predicted octanol–water partition coefficient (Wildman–Crippen LogP) is 7.44. The number of hydrogen-bond donors (Lipinski definition) is 1. The highest BCUT2D eigenvalue weighted by Gasteiger charge is 2.20. The molecule has 0 aliphatic rings. The Labute approximate surface area is 320 Å². The largest absolute Gasteiger partial charge is 0.508 e. The van der Waals surface area contributed by atoms with Gasteiger partial charge in [-0.2, -0.15) is 0 Å².